The largest absolute Gasteiger partial charge is 0.465 e. The Labute approximate surface area is 96.2 Å². The van der Waals surface area contributed by atoms with E-state index in [9.17, 15) is 9.59 Å². The van der Waals surface area contributed by atoms with Gasteiger partial charge in [0, 0.05) is 19.0 Å². The van der Waals surface area contributed by atoms with Gasteiger partial charge in [-0.3, -0.25) is 4.79 Å². The fourth-order valence-electron chi connectivity index (χ4n) is 0.805. The van der Waals surface area contributed by atoms with Crippen LogP contribution in [0, 0.1) is 0 Å². The van der Waals surface area contributed by atoms with Gasteiger partial charge in [0.1, 0.15) is 4.88 Å². The summed E-state index contributed by atoms with van der Waals surface area (Å²) in [7, 11) is 4.66. The lowest BCUT2D eigenvalue weighted by molar-refractivity contribution is 0.0603. The molecule has 0 saturated heterocycles. The fraction of sp³-hybridized carbons (Fsp3) is 0.333. The third kappa shape index (κ3) is 2.97. The molecule has 82 valence electrons. The summed E-state index contributed by atoms with van der Waals surface area (Å²) in [6.45, 7) is 0. The van der Waals surface area contributed by atoms with Crippen LogP contribution in [0.15, 0.2) is 16.3 Å². The van der Waals surface area contributed by atoms with Gasteiger partial charge >= 0.3 is 5.97 Å². The summed E-state index contributed by atoms with van der Waals surface area (Å²) in [5.41, 5.74) is 0. The van der Waals surface area contributed by atoms with E-state index >= 15 is 0 Å². The number of methoxy groups -OCH3 is 1. The minimum absolute atomic E-state index is 0.112. The molecule has 6 heteroatoms. The van der Waals surface area contributed by atoms with Crippen LogP contribution in [-0.2, 0) is 4.74 Å². The molecular weight excluding hydrogens is 234 g/mol. The number of thiophene rings is 1. The second-order valence-electron chi connectivity index (χ2n) is 2.87. The van der Waals surface area contributed by atoms with E-state index < -0.39 is 5.97 Å². The quantitative estimate of drug-likeness (QED) is 0.592. The number of ether oxygens (including phenoxy) is 1. The topological polar surface area (TPSA) is 46.6 Å². The highest BCUT2D eigenvalue weighted by atomic mass is 32.2. The monoisotopic (exact) mass is 245 g/mol. The Hall–Kier alpha value is -1.01. The molecule has 0 bridgehead atoms. The number of hydrogen-bond acceptors (Lipinski definition) is 5. The molecule has 0 N–H and O–H groups in total. The summed E-state index contributed by atoms with van der Waals surface area (Å²) in [6.07, 6.45) is 0. The predicted octanol–water partition coefficient (Wildman–Crippen LogP) is 2.31. The van der Waals surface area contributed by atoms with Gasteiger partial charge in [-0.1, -0.05) is 0 Å². The van der Waals surface area contributed by atoms with Gasteiger partial charge in [-0.05, 0) is 23.2 Å². The first-order valence-electron chi connectivity index (χ1n) is 4.11. The zero-order valence-electron chi connectivity index (χ0n) is 8.64. The van der Waals surface area contributed by atoms with Crippen LogP contribution < -0.4 is 0 Å². The molecule has 1 amide bonds. The van der Waals surface area contributed by atoms with E-state index in [1.54, 1.807) is 25.5 Å². The van der Waals surface area contributed by atoms with Crippen LogP contribution in [0.3, 0.4) is 0 Å². The molecule has 0 unspecified atom stereocenters. The highest BCUT2D eigenvalue weighted by molar-refractivity contribution is 8.13. The minimum Gasteiger partial charge on any atom is -0.465 e. The van der Waals surface area contributed by atoms with Crippen molar-refractivity contribution in [3.63, 3.8) is 0 Å². The van der Waals surface area contributed by atoms with Crippen molar-refractivity contribution < 1.29 is 14.3 Å². The Morgan fingerprint density at radius 1 is 1.47 bits per heavy atom. The van der Waals surface area contributed by atoms with Crippen LogP contribution in [-0.4, -0.2) is 37.3 Å². The smallest absolute Gasteiger partial charge is 0.349 e. The molecule has 4 nitrogen and oxygen atoms in total. The second kappa shape index (κ2) is 5.18. The number of rotatable bonds is 2. The van der Waals surface area contributed by atoms with Crippen LogP contribution in [0.25, 0.3) is 0 Å². The van der Waals surface area contributed by atoms with Crippen molar-refractivity contribution in [2.75, 3.05) is 21.2 Å². The van der Waals surface area contributed by atoms with Crippen molar-refractivity contribution in [1.29, 1.82) is 0 Å². The number of esters is 1. The summed E-state index contributed by atoms with van der Waals surface area (Å²) < 4.78 is 4.61. The van der Waals surface area contributed by atoms with Gasteiger partial charge in [-0.15, -0.1) is 11.3 Å². The maximum atomic E-state index is 11.4. The number of hydrogen-bond donors (Lipinski definition) is 0. The average molecular weight is 245 g/mol. The van der Waals surface area contributed by atoms with Crippen molar-refractivity contribution in [1.82, 2.24) is 4.90 Å². The molecular formula is C9H11NO3S2. The van der Waals surface area contributed by atoms with E-state index in [1.807, 2.05) is 0 Å². The van der Waals surface area contributed by atoms with E-state index in [-0.39, 0.29) is 5.24 Å². The van der Waals surface area contributed by atoms with Gasteiger partial charge in [0.05, 0.1) is 7.11 Å². The number of nitrogens with zero attached hydrogens (tertiary/aromatic N) is 1. The Morgan fingerprint density at radius 2 is 2.13 bits per heavy atom. The highest BCUT2D eigenvalue weighted by Gasteiger charge is 2.17. The lowest BCUT2D eigenvalue weighted by atomic mass is 10.5. The van der Waals surface area contributed by atoms with Crippen LogP contribution in [0.2, 0.25) is 0 Å². The maximum absolute atomic E-state index is 11.4. The normalized spacial score (nSPS) is 9.80. The van der Waals surface area contributed by atoms with Crippen molar-refractivity contribution in [2.24, 2.45) is 0 Å². The summed E-state index contributed by atoms with van der Waals surface area (Å²) in [6, 6.07) is 1.74. The molecule has 1 rings (SSSR count). The van der Waals surface area contributed by atoms with Gasteiger partial charge < -0.3 is 9.64 Å². The first-order valence-corrected chi connectivity index (χ1v) is 5.80. The molecule has 0 aliphatic rings. The molecule has 0 spiro atoms. The summed E-state index contributed by atoms with van der Waals surface area (Å²) in [5.74, 6) is -0.404. The molecule has 0 fully saturated rings. The second-order valence-corrected chi connectivity index (χ2v) is 4.78. The zero-order valence-corrected chi connectivity index (χ0v) is 10.3. The molecule has 0 aromatic carbocycles. The molecule has 0 aliphatic heterocycles. The molecule has 0 radical (unpaired) electrons. The van der Waals surface area contributed by atoms with Gasteiger partial charge in [0.15, 0.2) is 0 Å². The van der Waals surface area contributed by atoms with Crippen molar-refractivity contribution in [3.8, 4) is 0 Å². The molecule has 1 aromatic heterocycles. The van der Waals surface area contributed by atoms with Crippen molar-refractivity contribution in [3.05, 3.63) is 16.3 Å². The van der Waals surface area contributed by atoms with Crippen molar-refractivity contribution in [2.45, 2.75) is 4.90 Å². The van der Waals surface area contributed by atoms with Crippen LogP contribution in [0.4, 0.5) is 4.79 Å². The molecule has 0 aliphatic carbocycles. The number of thioether (sulfide) groups is 1. The van der Waals surface area contributed by atoms with Crippen LogP contribution in [0.1, 0.15) is 9.67 Å². The van der Waals surface area contributed by atoms with E-state index in [0.717, 1.165) is 11.8 Å². The van der Waals surface area contributed by atoms with Crippen LogP contribution >= 0.6 is 23.1 Å². The Morgan fingerprint density at radius 3 is 2.67 bits per heavy atom. The third-order valence-electron chi connectivity index (χ3n) is 1.56. The summed E-state index contributed by atoms with van der Waals surface area (Å²) in [4.78, 5) is 25.3. The average Bonchev–Trinajstić information content (AvgIpc) is 2.64. The molecule has 1 aromatic rings. The third-order valence-corrected chi connectivity index (χ3v) is 3.69. The Bertz CT molecular complexity index is 373. The summed E-state index contributed by atoms with van der Waals surface area (Å²) in [5, 5.41) is 1.65. The standard InChI is InChI=1S/C9H11NO3S2/c1-10(2)9(12)15-6-4-5-14-7(6)8(11)13-3/h4-5H,1-3H3. The first-order chi connectivity index (χ1) is 7.06. The van der Waals surface area contributed by atoms with Gasteiger partial charge in [-0.25, -0.2) is 4.79 Å². The predicted molar refractivity (Wildman–Crippen MR) is 60.6 cm³/mol. The Balaban J connectivity index is 2.82. The lowest BCUT2D eigenvalue weighted by Gasteiger charge is -2.08. The minimum atomic E-state index is -0.404. The SMILES string of the molecule is COC(=O)c1sccc1SC(=O)N(C)C. The van der Waals surface area contributed by atoms with E-state index in [4.69, 9.17) is 0 Å². The molecule has 15 heavy (non-hydrogen) atoms. The highest BCUT2D eigenvalue weighted by Crippen LogP contribution is 2.29. The van der Waals surface area contributed by atoms with E-state index in [2.05, 4.69) is 4.74 Å². The fourth-order valence-corrected chi connectivity index (χ4v) is 2.55. The number of amides is 1. The van der Waals surface area contributed by atoms with Gasteiger partial charge in [-0.2, -0.15) is 0 Å². The molecule has 0 atom stereocenters. The summed E-state index contributed by atoms with van der Waals surface area (Å²) >= 11 is 2.30. The lowest BCUT2D eigenvalue weighted by Crippen LogP contribution is -2.16. The Kier molecular flexibility index (Phi) is 4.16. The first kappa shape index (κ1) is 12.1. The van der Waals surface area contributed by atoms with Crippen LogP contribution in [0.5, 0.6) is 0 Å². The molecule has 0 saturated carbocycles. The van der Waals surface area contributed by atoms with E-state index in [0.29, 0.717) is 9.77 Å². The molecule has 1 heterocycles. The van der Waals surface area contributed by atoms with Gasteiger partial charge in [0.25, 0.3) is 5.24 Å². The number of carbonyl (C=O) groups is 2. The van der Waals surface area contributed by atoms with Crippen molar-refractivity contribution >= 4 is 34.3 Å². The zero-order chi connectivity index (χ0) is 11.4. The maximum Gasteiger partial charge on any atom is 0.349 e. The van der Waals surface area contributed by atoms with Gasteiger partial charge in [0.2, 0.25) is 0 Å². The number of carbonyl (C=O) groups excluding carboxylic acids is 2. The van der Waals surface area contributed by atoms with E-state index in [1.165, 1.54) is 23.3 Å².